The Balaban J connectivity index is 3.34. The van der Waals surface area contributed by atoms with Gasteiger partial charge in [0.2, 0.25) is 0 Å². The van der Waals surface area contributed by atoms with Crippen LogP contribution in [0.15, 0.2) is 22.6 Å². The fraction of sp³-hybridized carbons (Fsp3) is 0.500. The number of alkyl halides is 4. The predicted molar refractivity (Wildman–Crippen MR) is 76.6 cm³/mol. The summed E-state index contributed by atoms with van der Waals surface area (Å²) in [7, 11) is 0. The highest BCUT2D eigenvalue weighted by Crippen LogP contribution is 2.33. The van der Waals surface area contributed by atoms with E-state index in [1.54, 1.807) is 20.8 Å². The highest BCUT2D eigenvalue weighted by molar-refractivity contribution is 7.91. The Morgan fingerprint density at radius 2 is 1.81 bits per heavy atom. The van der Waals surface area contributed by atoms with Crippen molar-refractivity contribution in [2.75, 3.05) is 6.67 Å². The van der Waals surface area contributed by atoms with Gasteiger partial charge >= 0.3 is 6.18 Å². The summed E-state index contributed by atoms with van der Waals surface area (Å²) in [6.07, 6.45) is -4.52. The van der Waals surface area contributed by atoms with Gasteiger partial charge in [-0.05, 0) is 39.3 Å². The van der Waals surface area contributed by atoms with Gasteiger partial charge in [-0.3, -0.25) is 0 Å². The van der Waals surface area contributed by atoms with Crippen LogP contribution in [0.25, 0.3) is 0 Å². The molecule has 0 aliphatic heterocycles. The van der Waals surface area contributed by atoms with Gasteiger partial charge in [0, 0.05) is 5.56 Å². The summed E-state index contributed by atoms with van der Waals surface area (Å²) in [5.41, 5.74) is -1.16. The second-order valence-electron chi connectivity index (χ2n) is 5.51. The maximum absolute atomic E-state index is 13.2. The molecular formula is C14H17F4NOS. The highest BCUT2D eigenvalue weighted by Gasteiger charge is 2.34. The second-order valence-corrected chi connectivity index (χ2v) is 7.41. The topological polar surface area (TPSA) is 35.4 Å². The van der Waals surface area contributed by atoms with Crippen LogP contribution in [0.4, 0.5) is 17.6 Å². The minimum Gasteiger partial charge on any atom is -0.591 e. The van der Waals surface area contributed by atoms with Gasteiger partial charge in [-0.1, -0.05) is 16.5 Å². The molecule has 1 atom stereocenters. The average molecular weight is 323 g/mol. The summed E-state index contributed by atoms with van der Waals surface area (Å²) in [5.74, 6) is 0. The zero-order chi connectivity index (χ0) is 16.4. The van der Waals surface area contributed by atoms with Gasteiger partial charge in [0.15, 0.2) is 0 Å². The van der Waals surface area contributed by atoms with Gasteiger partial charge in [0.25, 0.3) is 0 Å². The summed E-state index contributed by atoms with van der Waals surface area (Å²) in [4.78, 5) is 0. The molecule has 0 saturated heterocycles. The Bertz CT molecular complexity index is 535. The van der Waals surface area contributed by atoms with E-state index >= 15 is 0 Å². The van der Waals surface area contributed by atoms with E-state index in [4.69, 9.17) is 0 Å². The summed E-state index contributed by atoms with van der Waals surface area (Å²) in [5, 5.41) is 0. The van der Waals surface area contributed by atoms with Gasteiger partial charge in [-0.25, -0.2) is 4.39 Å². The van der Waals surface area contributed by atoms with E-state index in [-0.39, 0.29) is 16.8 Å². The minimum atomic E-state index is -4.52. The second kappa shape index (κ2) is 6.36. The van der Waals surface area contributed by atoms with E-state index in [1.807, 2.05) is 0 Å². The summed E-state index contributed by atoms with van der Waals surface area (Å²) in [6.45, 7) is 5.14. The van der Waals surface area contributed by atoms with Gasteiger partial charge in [-0.15, -0.1) is 0 Å². The molecule has 1 unspecified atom stereocenters. The van der Waals surface area contributed by atoms with Crippen molar-refractivity contribution in [2.45, 2.75) is 38.6 Å². The smallest absolute Gasteiger partial charge is 0.416 e. The molecule has 1 rings (SSSR count). The molecular weight excluding hydrogens is 306 g/mol. The molecule has 21 heavy (non-hydrogen) atoms. The SMILES string of the molecule is Cc1c(C(CF)=N[S+]([O-])C(C)(C)C)cccc1C(F)(F)F. The first kappa shape index (κ1) is 18.0. The summed E-state index contributed by atoms with van der Waals surface area (Å²) >= 11 is -1.74. The van der Waals surface area contributed by atoms with Crippen LogP contribution in [0.2, 0.25) is 0 Å². The Labute approximate surface area is 124 Å². The van der Waals surface area contributed by atoms with Crippen LogP contribution in [-0.4, -0.2) is 21.7 Å². The number of rotatable bonds is 3. The molecule has 0 N–H and O–H groups in total. The van der Waals surface area contributed by atoms with Crippen molar-refractivity contribution in [3.8, 4) is 0 Å². The van der Waals surface area contributed by atoms with Crippen molar-refractivity contribution in [1.29, 1.82) is 0 Å². The van der Waals surface area contributed by atoms with Gasteiger partial charge in [0.05, 0.1) is 5.56 Å². The standard InChI is InChI=1S/C14H17F4NOS/c1-9-10(6-5-7-11(9)14(16,17)18)12(8-15)19-21(20)13(2,3)4/h5-7H,8H2,1-4H3. The van der Waals surface area contributed by atoms with Crippen molar-refractivity contribution in [3.05, 3.63) is 34.9 Å². The van der Waals surface area contributed by atoms with Crippen LogP contribution in [0, 0.1) is 6.92 Å². The molecule has 0 aliphatic carbocycles. The molecule has 0 aliphatic rings. The van der Waals surface area contributed by atoms with Crippen LogP contribution in [0.3, 0.4) is 0 Å². The van der Waals surface area contributed by atoms with E-state index in [0.29, 0.717) is 0 Å². The molecule has 0 saturated carbocycles. The number of hydrogen-bond donors (Lipinski definition) is 0. The third-order valence-corrected chi connectivity index (χ3v) is 4.23. The lowest BCUT2D eigenvalue weighted by Gasteiger charge is -2.20. The fourth-order valence-corrected chi connectivity index (χ4v) is 2.26. The Morgan fingerprint density at radius 1 is 1.24 bits per heavy atom. The van der Waals surface area contributed by atoms with Crippen molar-refractivity contribution >= 4 is 17.1 Å². The van der Waals surface area contributed by atoms with E-state index in [0.717, 1.165) is 6.07 Å². The molecule has 0 amide bonds. The van der Waals surface area contributed by atoms with Gasteiger partial charge in [0.1, 0.15) is 28.5 Å². The predicted octanol–water partition coefficient (Wildman–Crippen LogP) is 4.23. The molecule has 118 valence electrons. The lowest BCUT2D eigenvalue weighted by atomic mass is 9.99. The zero-order valence-corrected chi connectivity index (χ0v) is 13.0. The first-order valence-electron chi connectivity index (χ1n) is 6.21. The first-order chi connectivity index (χ1) is 9.48. The summed E-state index contributed by atoms with van der Waals surface area (Å²) in [6, 6.07) is 3.47. The molecule has 7 heteroatoms. The number of hydrogen-bond acceptors (Lipinski definition) is 2. The molecule has 2 nitrogen and oxygen atoms in total. The van der Waals surface area contributed by atoms with Crippen molar-refractivity contribution in [3.63, 3.8) is 0 Å². The monoisotopic (exact) mass is 323 g/mol. The Hall–Kier alpha value is -1.08. The van der Waals surface area contributed by atoms with Gasteiger partial charge < -0.3 is 4.55 Å². The van der Waals surface area contributed by atoms with Crippen molar-refractivity contribution in [2.24, 2.45) is 4.40 Å². The molecule has 0 aromatic heterocycles. The lowest BCUT2D eigenvalue weighted by molar-refractivity contribution is -0.138. The van der Waals surface area contributed by atoms with Crippen LogP contribution in [0.1, 0.15) is 37.5 Å². The zero-order valence-electron chi connectivity index (χ0n) is 12.2. The van der Waals surface area contributed by atoms with E-state index < -0.39 is 34.5 Å². The third-order valence-electron chi connectivity index (χ3n) is 2.79. The first-order valence-corrected chi connectivity index (χ1v) is 7.32. The molecule has 0 heterocycles. The third kappa shape index (κ3) is 4.44. The maximum Gasteiger partial charge on any atom is 0.416 e. The van der Waals surface area contributed by atoms with Crippen LogP contribution in [-0.2, 0) is 17.5 Å². The average Bonchev–Trinajstić information content (AvgIpc) is 2.33. The molecule has 0 fully saturated rings. The van der Waals surface area contributed by atoms with Crippen molar-refractivity contribution in [1.82, 2.24) is 0 Å². The largest absolute Gasteiger partial charge is 0.591 e. The van der Waals surface area contributed by atoms with E-state index in [2.05, 4.69) is 4.40 Å². The van der Waals surface area contributed by atoms with Gasteiger partial charge in [-0.2, -0.15) is 13.2 Å². The summed E-state index contributed by atoms with van der Waals surface area (Å²) < 4.78 is 66.7. The number of halogens is 4. The maximum atomic E-state index is 13.2. The molecule has 0 spiro atoms. The Morgan fingerprint density at radius 3 is 2.24 bits per heavy atom. The number of benzene rings is 1. The van der Waals surface area contributed by atoms with E-state index in [1.165, 1.54) is 19.1 Å². The van der Waals surface area contributed by atoms with E-state index in [9.17, 15) is 22.1 Å². The normalized spacial score (nSPS) is 15.2. The van der Waals surface area contributed by atoms with Crippen LogP contribution in [0.5, 0.6) is 0 Å². The number of nitrogens with zero attached hydrogens (tertiary/aromatic N) is 1. The lowest BCUT2D eigenvalue weighted by Crippen LogP contribution is -2.27. The quantitative estimate of drug-likeness (QED) is 0.466. The van der Waals surface area contributed by atoms with Crippen molar-refractivity contribution < 1.29 is 22.1 Å². The minimum absolute atomic E-state index is 0.0323. The molecule has 0 radical (unpaired) electrons. The molecule has 0 bridgehead atoms. The van der Waals surface area contributed by atoms with Crippen LogP contribution < -0.4 is 0 Å². The fourth-order valence-electron chi connectivity index (χ4n) is 1.64. The highest BCUT2D eigenvalue weighted by atomic mass is 32.2. The molecule has 1 aromatic rings. The molecule has 1 aromatic carbocycles. The Kier molecular flexibility index (Phi) is 5.44. The van der Waals surface area contributed by atoms with Crippen LogP contribution >= 0.6 is 0 Å².